The normalized spacial score (nSPS) is 11.4. The van der Waals surface area contributed by atoms with Crippen LogP contribution in [0.4, 0.5) is 10.5 Å². The standard InChI is InChI=1S/C27H30N2O/c1-21(2)25-14-16-26(17-15-25)28-27(30)29(20-24-12-8-5-9-13-24)19-22(3)18-23-10-6-4-7-11-23/h4-18,21H,19-20H2,1-3H3,(H,28,30)/b22-18+. The number of benzene rings is 3. The van der Waals surface area contributed by atoms with Crippen LogP contribution in [0.3, 0.4) is 0 Å². The summed E-state index contributed by atoms with van der Waals surface area (Å²) >= 11 is 0. The van der Waals surface area contributed by atoms with Gasteiger partial charge in [0.05, 0.1) is 0 Å². The Hall–Kier alpha value is -3.33. The SMILES string of the molecule is C/C(=C\c1ccccc1)CN(Cc1ccccc1)C(=O)Nc1ccc(C(C)C)cc1. The average molecular weight is 399 g/mol. The van der Waals surface area contributed by atoms with Crippen molar-refractivity contribution in [1.29, 1.82) is 0 Å². The molecule has 0 bridgehead atoms. The molecule has 0 aliphatic carbocycles. The van der Waals surface area contributed by atoms with Crippen LogP contribution in [0.25, 0.3) is 6.08 Å². The molecule has 3 nitrogen and oxygen atoms in total. The molecule has 3 rings (SSSR count). The summed E-state index contributed by atoms with van der Waals surface area (Å²) in [5.41, 5.74) is 5.44. The number of anilines is 1. The number of amides is 2. The Balaban J connectivity index is 1.76. The third kappa shape index (κ3) is 6.35. The van der Waals surface area contributed by atoms with Crippen molar-refractivity contribution in [2.45, 2.75) is 33.2 Å². The van der Waals surface area contributed by atoms with Crippen molar-refractivity contribution in [2.24, 2.45) is 0 Å². The Morgan fingerprint density at radius 1 is 0.900 bits per heavy atom. The molecule has 0 saturated carbocycles. The van der Waals surface area contributed by atoms with E-state index < -0.39 is 0 Å². The van der Waals surface area contributed by atoms with Crippen LogP contribution in [0, 0.1) is 0 Å². The Morgan fingerprint density at radius 2 is 1.50 bits per heavy atom. The molecule has 0 heterocycles. The van der Waals surface area contributed by atoms with Gasteiger partial charge in [0.25, 0.3) is 0 Å². The maximum absolute atomic E-state index is 13.1. The first-order valence-electron chi connectivity index (χ1n) is 10.4. The number of urea groups is 1. The minimum atomic E-state index is -0.100. The second-order valence-corrected chi connectivity index (χ2v) is 7.95. The average Bonchev–Trinajstić information content (AvgIpc) is 2.75. The number of rotatable bonds is 7. The van der Waals surface area contributed by atoms with E-state index in [1.807, 2.05) is 65.6 Å². The van der Waals surface area contributed by atoms with E-state index in [1.54, 1.807) is 0 Å². The third-order valence-electron chi connectivity index (χ3n) is 4.98. The van der Waals surface area contributed by atoms with E-state index in [0.29, 0.717) is 19.0 Å². The molecule has 3 heteroatoms. The first kappa shape index (κ1) is 21.4. The Kier molecular flexibility index (Phi) is 7.45. The smallest absolute Gasteiger partial charge is 0.316 e. The predicted octanol–water partition coefficient (Wildman–Crippen LogP) is 6.95. The van der Waals surface area contributed by atoms with Crippen LogP contribution < -0.4 is 5.32 Å². The molecule has 0 radical (unpaired) electrons. The van der Waals surface area contributed by atoms with Gasteiger partial charge in [-0.2, -0.15) is 0 Å². The fraction of sp³-hybridized carbons (Fsp3) is 0.222. The number of nitrogens with one attached hydrogen (secondary N) is 1. The molecule has 0 unspecified atom stereocenters. The molecule has 3 aromatic carbocycles. The van der Waals surface area contributed by atoms with Crippen molar-refractivity contribution in [3.63, 3.8) is 0 Å². The van der Waals surface area contributed by atoms with Gasteiger partial charge in [0.1, 0.15) is 0 Å². The monoisotopic (exact) mass is 398 g/mol. The lowest BCUT2D eigenvalue weighted by molar-refractivity contribution is 0.214. The molecule has 1 N–H and O–H groups in total. The number of carbonyl (C=O) groups is 1. The highest BCUT2D eigenvalue weighted by Gasteiger charge is 2.15. The van der Waals surface area contributed by atoms with Gasteiger partial charge < -0.3 is 10.2 Å². The van der Waals surface area contributed by atoms with Crippen molar-refractivity contribution in [3.05, 3.63) is 107 Å². The third-order valence-corrected chi connectivity index (χ3v) is 4.98. The highest BCUT2D eigenvalue weighted by molar-refractivity contribution is 5.89. The zero-order valence-electron chi connectivity index (χ0n) is 18.0. The zero-order chi connectivity index (χ0) is 21.3. The van der Waals surface area contributed by atoms with Crippen molar-refractivity contribution >= 4 is 17.8 Å². The molecule has 2 amide bonds. The lowest BCUT2D eigenvalue weighted by Gasteiger charge is -2.24. The fourth-order valence-electron chi connectivity index (χ4n) is 3.34. The fourth-order valence-corrected chi connectivity index (χ4v) is 3.34. The van der Waals surface area contributed by atoms with Crippen LogP contribution in [0.1, 0.15) is 43.4 Å². The molecule has 0 atom stereocenters. The van der Waals surface area contributed by atoms with Crippen LogP contribution in [0.15, 0.2) is 90.5 Å². The summed E-state index contributed by atoms with van der Waals surface area (Å²) in [5, 5.41) is 3.06. The highest BCUT2D eigenvalue weighted by Crippen LogP contribution is 2.18. The molecule has 0 aliphatic heterocycles. The topological polar surface area (TPSA) is 32.3 Å². The summed E-state index contributed by atoms with van der Waals surface area (Å²) in [6.45, 7) is 7.50. The minimum absolute atomic E-state index is 0.100. The maximum Gasteiger partial charge on any atom is 0.322 e. The number of hydrogen-bond donors (Lipinski definition) is 1. The Labute approximate surface area is 180 Å². The van der Waals surface area contributed by atoms with Crippen LogP contribution >= 0.6 is 0 Å². The van der Waals surface area contributed by atoms with Crippen LogP contribution in [0.5, 0.6) is 0 Å². The van der Waals surface area contributed by atoms with Crippen LogP contribution in [-0.2, 0) is 6.54 Å². The molecule has 0 fully saturated rings. The van der Waals surface area contributed by atoms with Gasteiger partial charge in [-0.15, -0.1) is 0 Å². The van der Waals surface area contributed by atoms with Gasteiger partial charge in [-0.05, 0) is 41.7 Å². The van der Waals surface area contributed by atoms with E-state index in [4.69, 9.17) is 0 Å². The van der Waals surface area contributed by atoms with Gasteiger partial charge in [0.2, 0.25) is 0 Å². The van der Waals surface area contributed by atoms with Crippen molar-refractivity contribution in [3.8, 4) is 0 Å². The van der Waals surface area contributed by atoms with Gasteiger partial charge in [-0.3, -0.25) is 0 Å². The van der Waals surface area contributed by atoms with E-state index in [9.17, 15) is 4.79 Å². The number of hydrogen-bond acceptors (Lipinski definition) is 1. The molecular formula is C27H30N2O. The lowest BCUT2D eigenvalue weighted by atomic mass is 10.0. The van der Waals surface area contributed by atoms with Crippen molar-refractivity contribution in [1.82, 2.24) is 4.90 Å². The highest BCUT2D eigenvalue weighted by atomic mass is 16.2. The van der Waals surface area contributed by atoms with Crippen LogP contribution in [0.2, 0.25) is 0 Å². The largest absolute Gasteiger partial charge is 0.322 e. The summed E-state index contributed by atoms with van der Waals surface area (Å²) in [5.74, 6) is 0.468. The summed E-state index contributed by atoms with van der Waals surface area (Å²) in [6.07, 6.45) is 2.13. The molecular weight excluding hydrogens is 368 g/mol. The van der Waals surface area contributed by atoms with E-state index in [-0.39, 0.29) is 6.03 Å². The predicted molar refractivity (Wildman–Crippen MR) is 126 cm³/mol. The Morgan fingerprint density at radius 3 is 2.10 bits per heavy atom. The zero-order valence-corrected chi connectivity index (χ0v) is 18.0. The van der Waals surface area contributed by atoms with Gasteiger partial charge >= 0.3 is 6.03 Å². The van der Waals surface area contributed by atoms with Crippen molar-refractivity contribution in [2.75, 3.05) is 11.9 Å². The summed E-state index contributed by atoms with van der Waals surface area (Å²) in [4.78, 5) is 15.0. The van der Waals surface area contributed by atoms with E-state index >= 15 is 0 Å². The molecule has 3 aromatic rings. The summed E-state index contributed by atoms with van der Waals surface area (Å²) in [7, 11) is 0. The first-order chi connectivity index (χ1) is 14.5. The van der Waals surface area contributed by atoms with E-state index in [1.165, 1.54) is 5.56 Å². The van der Waals surface area contributed by atoms with Gasteiger partial charge in [-0.1, -0.05) is 98.3 Å². The molecule has 30 heavy (non-hydrogen) atoms. The summed E-state index contributed by atoms with van der Waals surface area (Å²) < 4.78 is 0. The quantitative estimate of drug-likeness (QED) is 0.459. The molecule has 0 spiro atoms. The number of nitrogens with zero attached hydrogens (tertiary/aromatic N) is 1. The van der Waals surface area contributed by atoms with E-state index in [0.717, 1.165) is 22.4 Å². The van der Waals surface area contributed by atoms with E-state index in [2.05, 4.69) is 56.4 Å². The summed E-state index contributed by atoms with van der Waals surface area (Å²) in [6, 6.07) is 28.3. The Bertz CT molecular complexity index is 961. The minimum Gasteiger partial charge on any atom is -0.316 e. The van der Waals surface area contributed by atoms with Crippen molar-refractivity contribution < 1.29 is 4.79 Å². The first-order valence-corrected chi connectivity index (χ1v) is 10.4. The lowest BCUT2D eigenvalue weighted by Crippen LogP contribution is -2.35. The van der Waals surface area contributed by atoms with Gasteiger partial charge in [0, 0.05) is 18.8 Å². The van der Waals surface area contributed by atoms with Gasteiger partial charge in [-0.25, -0.2) is 4.79 Å². The molecule has 0 aromatic heterocycles. The second kappa shape index (κ2) is 10.4. The second-order valence-electron chi connectivity index (χ2n) is 7.95. The number of carbonyl (C=O) groups excluding carboxylic acids is 1. The maximum atomic E-state index is 13.1. The van der Waals surface area contributed by atoms with Gasteiger partial charge in [0.15, 0.2) is 0 Å². The molecule has 154 valence electrons. The van der Waals surface area contributed by atoms with Crippen LogP contribution in [-0.4, -0.2) is 17.5 Å². The molecule has 0 aliphatic rings. The molecule has 0 saturated heterocycles.